The number of hydrogen-bond acceptors (Lipinski definition) is 4. The largest absolute Gasteiger partial charge is 0.325 e. The molecule has 0 bridgehead atoms. The third-order valence-corrected chi connectivity index (χ3v) is 6.30. The first kappa shape index (κ1) is 15.5. The number of benzene rings is 2. The number of nitrogens with one attached hydrogen (secondary N) is 1. The van der Waals surface area contributed by atoms with Crippen molar-refractivity contribution in [2.24, 2.45) is 0 Å². The number of urea groups is 1. The van der Waals surface area contributed by atoms with Gasteiger partial charge in [0, 0.05) is 0 Å². The molecule has 2 heterocycles. The quantitative estimate of drug-likeness (QED) is 0.708. The number of para-hydroxylation sites is 1. The third kappa shape index (κ3) is 2.18. The molecule has 3 aromatic rings. The maximum absolute atomic E-state index is 13.3. The Bertz CT molecular complexity index is 1010. The van der Waals surface area contributed by atoms with Crippen LogP contribution >= 0.6 is 11.3 Å². The highest BCUT2D eigenvalue weighted by Gasteiger charge is 2.53. The fourth-order valence-electron chi connectivity index (χ4n) is 4.08. The molecule has 1 atom stereocenters. The van der Waals surface area contributed by atoms with Gasteiger partial charge in [0.15, 0.2) is 0 Å². The maximum atomic E-state index is 13.3. The van der Waals surface area contributed by atoms with Crippen molar-refractivity contribution in [2.75, 3.05) is 0 Å². The van der Waals surface area contributed by atoms with Crippen LogP contribution in [0.4, 0.5) is 4.79 Å². The van der Waals surface area contributed by atoms with E-state index in [1.54, 1.807) is 0 Å². The van der Waals surface area contributed by atoms with Crippen molar-refractivity contribution < 1.29 is 9.59 Å². The van der Waals surface area contributed by atoms with Gasteiger partial charge >= 0.3 is 6.03 Å². The van der Waals surface area contributed by atoms with Crippen LogP contribution in [0.3, 0.4) is 0 Å². The summed E-state index contributed by atoms with van der Waals surface area (Å²) in [5, 5.41) is 3.77. The molecule has 5 rings (SSSR count). The second kappa shape index (κ2) is 5.64. The van der Waals surface area contributed by atoms with E-state index in [9.17, 15) is 9.59 Å². The number of carbonyl (C=O) groups is 2. The van der Waals surface area contributed by atoms with E-state index in [0.29, 0.717) is 6.42 Å². The van der Waals surface area contributed by atoms with Crippen molar-refractivity contribution in [1.82, 2.24) is 15.2 Å². The summed E-state index contributed by atoms with van der Waals surface area (Å²) in [7, 11) is 0. The summed E-state index contributed by atoms with van der Waals surface area (Å²) in [6.45, 7) is 0.216. The average molecular weight is 363 g/mol. The molecule has 1 aliphatic carbocycles. The summed E-state index contributed by atoms with van der Waals surface area (Å²) in [5.41, 5.74) is 2.07. The maximum Gasteiger partial charge on any atom is 0.325 e. The van der Waals surface area contributed by atoms with Gasteiger partial charge in [0.2, 0.25) is 0 Å². The topological polar surface area (TPSA) is 62.3 Å². The molecule has 1 spiro atoms. The molecule has 1 aromatic heterocycles. The predicted molar refractivity (Wildman–Crippen MR) is 99.8 cm³/mol. The van der Waals surface area contributed by atoms with Crippen molar-refractivity contribution in [2.45, 2.75) is 31.3 Å². The van der Waals surface area contributed by atoms with Gasteiger partial charge in [-0.25, -0.2) is 9.78 Å². The molecule has 1 fully saturated rings. The van der Waals surface area contributed by atoms with Gasteiger partial charge in [0.05, 0.1) is 16.8 Å². The molecule has 6 heteroatoms. The van der Waals surface area contributed by atoms with E-state index >= 15 is 0 Å². The molecule has 1 N–H and O–H groups in total. The minimum absolute atomic E-state index is 0.158. The molecule has 2 aromatic carbocycles. The van der Waals surface area contributed by atoms with Gasteiger partial charge in [-0.2, -0.15) is 0 Å². The Hall–Kier alpha value is -2.73. The fraction of sp³-hybridized carbons (Fsp3) is 0.250. The number of aromatic nitrogens is 1. The molecule has 0 radical (unpaired) electrons. The number of thiazole rings is 1. The Balaban J connectivity index is 1.51. The zero-order valence-electron chi connectivity index (χ0n) is 14.1. The van der Waals surface area contributed by atoms with Gasteiger partial charge in [0.1, 0.15) is 10.5 Å². The van der Waals surface area contributed by atoms with Gasteiger partial charge < -0.3 is 5.32 Å². The number of carbonyl (C=O) groups excluding carboxylic acids is 2. The highest BCUT2D eigenvalue weighted by molar-refractivity contribution is 7.18. The lowest BCUT2D eigenvalue weighted by molar-refractivity contribution is -0.132. The molecule has 0 unspecified atom stereocenters. The Morgan fingerprint density at radius 1 is 1.12 bits per heavy atom. The predicted octanol–water partition coefficient (Wildman–Crippen LogP) is 3.58. The van der Waals surface area contributed by atoms with Crippen molar-refractivity contribution in [1.29, 1.82) is 0 Å². The van der Waals surface area contributed by atoms with Crippen molar-refractivity contribution in [3.8, 4) is 0 Å². The van der Waals surface area contributed by atoms with E-state index in [2.05, 4.69) is 10.3 Å². The number of rotatable bonds is 2. The lowest BCUT2D eigenvalue weighted by atomic mass is 9.76. The second-order valence-corrected chi connectivity index (χ2v) is 7.93. The van der Waals surface area contributed by atoms with Crippen LogP contribution in [0, 0.1) is 0 Å². The van der Waals surface area contributed by atoms with E-state index in [1.165, 1.54) is 16.2 Å². The van der Waals surface area contributed by atoms with E-state index < -0.39 is 5.54 Å². The first-order valence-electron chi connectivity index (χ1n) is 8.74. The average Bonchev–Trinajstić information content (AvgIpc) is 3.17. The lowest BCUT2D eigenvalue weighted by Crippen LogP contribution is -2.46. The van der Waals surface area contributed by atoms with Crippen LogP contribution in [0.1, 0.15) is 29.0 Å². The number of hydrogen-bond donors (Lipinski definition) is 1. The standard InChI is InChI=1S/C20H17N3O2S/c24-18-20(11-5-7-13-6-1-2-8-14(13)20)22-19(25)23(18)12-17-21-15-9-3-4-10-16(15)26-17/h1-4,6,8-10H,5,7,11-12H2,(H,22,25)/t20-/m0/s1. The molecule has 2 aliphatic rings. The van der Waals surface area contributed by atoms with Crippen LogP contribution < -0.4 is 5.32 Å². The fourth-order valence-corrected chi connectivity index (χ4v) is 5.03. The molecular formula is C20H17N3O2S. The summed E-state index contributed by atoms with van der Waals surface area (Å²) >= 11 is 1.52. The summed E-state index contributed by atoms with van der Waals surface area (Å²) < 4.78 is 1.06. The molecular weight excluding hydrogens is 346 g/mol. The van der Waals surface area contributed by atoms with Crippen LogP contribution in [0.25, 0.3) is 10.2 Å². The highest BCUT2D eigenvalue weighted by Crippen LogP contribution is 2.40. The van der Waals surface area contributed by atoms with Crippen LogP contribution in [0.15, 0.2) is 48.5 Å². The van der Waals surface area contributed by atoms with E-state index in [0.717, 1.165) is 39.2 Å². The summed E-state index contributed by atoms with van der Waals surface area (Å²) in [5.74, 6) is -0.158. The molecule has 3 amide bonds. The van der Waals surface area contributed by atoms with Crippen molar-refractivity contribution >= 4 is 33.5 Å². The normalized spacial score (nSPS) is 22.1. The third-order valence-electron chi connectivity index (χ3n) is 5.28. The van der Waals surface area contributed by atoms with Gasteiger partial charge in [-0.15, -0.1) is 11.3 Å². The number of aryl methyl sites for hydroxylation is 1. The first-order chi connectivity index (χ1) is 12.7. The van der Waals surface area contributed by atoms with Crippen molar-refractivity contribution in [3.63, 3.8) is 0 Å². The SMILES string of the molecule is O=C1N[C@]2(CCCc3ccccc32)C(=O)N1Cc1nc2ccccc2s1. The van der Waals surface area contributed by atoms with Crippen LogP contribution in [-0.2, 0) is 23.3 Å². The van der Waals surface area contributed by atoms with E-state index in [-0.39, 0.29) is 18.5 Å². The minimum atomic E-state index is -0.914. The Kier molecular flexibility index (Phi) is 3.37. The summed E-state index contributed by atoms with van der Waals surface area (Å²) in [6.07, 6.45) is 2.47. The monoisotopic (exact) mass is 363 g/mol. The summed E-state index contributed by atoms with van der Waals surface area (Å²) in [4.78, 5) is 31.8. The Morgan fingerprint density at radius 3 is 2.81 bits per heavy atom. The van der Waals surface area contributed by atoms with E-state index in [1.807, 2.05) is 48.5 Å². The van der Waals surface area contributed by atoms with E-state index in [4.69, 9.17) is 0 Å². The lowest BCUT2D eigenvalue weighted by Gasteiger charge is -2.33. The second-order valence-electron chi connectivity index (χ2n) is 6.81. The number of amides is 3. The Morgan fingerprint density at radius 2 is 1.92 bits per heavy atom. The molecule has 1 aliphatic heterocycles. The smallest absolute Gasteiger partial charge is 0.319 e. The molecule has 26 heavy (non-hydrogen) atoms. The van der Waals surface area contributed by atoms with Crippen LogP contribution in [-0.4, -0.2) is 21.8 Å². The number of nitrogens with zero attached hydrogens (tertiary/aromatic N) is 2. The molecule has 130 valence electrons. The molecule has 5 nitrogen and oxygen atoms in total. The zero-order chi connectivity index (χ0) is 17.7. The van der Waals surface area contributed by atoms with Crippen LogP contribution in [0.5, 0.6) is 0 Å². The van der Waals surface area contributed by atoms with Crippen molar-refractivity contribution in [3.05, 3.63) is 64.7 Å². The first-order valence-corrected chi connectivity index (χ1v) is 9.56. The zero-order valence-corrected chi connectivity index (χ0v) is 14.9. The minimum Gasteiger partial charge on any atom is -0.319 e. The van der Waals surface area contributed by atoms with Gasteiger partial charge in [-0.3, -0.25) is 9.69 Å². The van der Waals surface area contributed by atoms with Gasteiger partial charge in [0.25, 0.3) is 5.91 Å². The van der Waals surface area contributed by atoms with Gasteiger partial charge in [-0.05, 0) is 42.5 Å². The number of imide groups is 1. The summed E-state index contributed by atoms with van der Waals surface area (Å²) in [6, 6.07) is 15.5. The number of fused-ring (bicyclic) bond motifs is 3. The van der Waals surface area contributed by atoms with Gasteiger partial charge in [-0.1, -0.05) is 36.4 Å². The Labute approximate surface area is 154 Å². The highest BCUT2D eigenvalue weighted by atomic mass is 32.1. The molecule has 1 saturated heterocycles. The van der Waals surface area contributed by atoms with Crippen LogP contribution in [0.2, 0.25) is 0 Å². The molecule has 0 saturated carbocycles.